The molecule has 1 atom stereocenters. The molecule has 5 heteroatoms. The molecule has 0 aliphatic rings. The molecule has 2 rings (SSSR count). The van der Waals surface area contributed by atoms with Gasteiger partial charge >= 0.3 is 0 Å². The number of hydrogen-bond acceptors (Lipinski definition) is 3. The molecule has 0 aliphatic carbocycles. The summed E-state index contributed by atoms with van der Waals surface area (Å²) in [5.74, 6) is -0.261. The van der Waals surface area contributed by atoms with Crippen LogP contribution in [0.25, 0.3) is 0 Å². The van der Waals surface area contributed by atoms with Gasteiger partial charge in [-0.3, -0.25) is 9.59 Å². The summed E-state index contributed by atoms with van der Waals surface area (Å²) in [5, 5.41) is 2.73. The maximum absolute atomic E-state index is 11.8. The molecule has 0 aliphatic heterocycles. The Balaban J connectivity index is 1.94. The molecule has 1 aromatic heterocycles. The van der Waals surface area contributed by atoms with E-state index in [-0.39, 0.29) is 17.5 Å². The summed E-state index contributed by atoms with van der Waals surface area (Å²) in [7, 11) is 0. The summed E-state index contributed by atoms with van der Waals surface area (Å²) in [6.45, 7) is 0.335. The van der Waals surface area contributed by atoms with E-state index in [0.29, 0.717) is 12.1 Å². The lowest BCUT2D eigenvalue weighted by atomic mass is 10.1. The summed E-state index contributed by atoms with van der Waals surface area (Å²) in [5.41, 5.74) is 7.10. The fourth-order valence-electron chi connectivity index (χ4n) is 1.67. The predicted octanol–water partition coefficient (Wildman–Crippen LogP) is 0.805. The fourth-order valence-corrected chi connectivity index (χ4v) is 1.67. The molecular weight excluding hydrogens is 242 g/mol. The fraction of sp³-hybridized carbons (Fsp3) is 0.143. The van der Waals surface area contributed by atoms with Crippen molar-refractivity contribution in [3.8, 4) is 0 Å². The number of aromatic amines is 1. The number of carbonyl (C=O) groups excluding carboxylic acids is 1. The average Bonchev–Trinajstić information content (AvgIpc) is 2.46. The molecule has 0 radical (unpaired) electrons. The molecule has 19 heavy (non-hydrogen) atoms. The molecule has 1 amide bonds. The largest absolute Gasteiger partial charge is 0.350 e. The molecule has 1 aromatic carbocycles. The zero-order chi connectivity index (χ0) is 13.7. The van der Waals surface area contributed by atoms with Crippen LogP contribution in [0.2, 0.25) is 0 Å². The van der Waals surface area contributed by atoms with Gasteiger partial charge in [-0.15, -0.1) is 0 Å². The van der Waals surface area contributed by atoms with Gasteiger partial charge in [-0.1, -0.05) is 30.3 Å². The van der Waals surface area contributed by atoms with Crippen molar-refractivity contribution in [2.75, 3.05) is 6.54 Å². The van der Waals surface area contributed by atoms with Crippen LogP contribution in [0.5, 0.6) is 0 Å². The van der Waals surface area contributed by atoms with Gasteiger partial charge < -0.3 is 16.0 Å². The van der Waals surface area contributed by atoms with Crippen molar-refractivity contribution < 1.29 is 4.79 Å². The van der Waals surface area contributed by atoms with Crippen LogP contribution < -0.4 is 16.6 Å². The van der Waals surface area contributed by atoms with Crippen LogP contribution in [0.3, 0.4) is 0 Å². The Bertz CT molecular complexity index is 587. The molecule has 0 fully saturated rings. The van der Waals surface area contributed by atoms with E-state index in [2.05, 4.69) is 10.3 Å². The van der Waals surface area contributed by atoms with E-state index in [4.69, 9.17) is 5.73 Å². The predicted molar refractivity (Wildman–Crippen MR) is 72.8 cm³/mol. The lowest BCUT2D eigenvalue weighted by Crippen LogP contribution is -2.32. The second kappa shape index (κ2) is 5.97. The summed E-state index contributed by atoms with van der Waals surface area (Å²) >= 11 is 0. The summed E-state index contributed by atoms with van der Waals surface area (Å²) in [4.78, 5) is 25.1. The second-order valence-electron chi connectivity index (χ2n) is 4.17. The molecule has 2 aromatic rings. The van der Waals surface area contributed by atoms with E-state index < -0.39 is 0 Å². The molecule has 0 bridgehead atoms. The standard InChI is InChI=1S/C14H15N3O2/c15-12(10-4-2-1-3-5-10)9-17-14(19)11-6-7-13(18)16-8-11/h1-8,12H,9,15H2,(H,16,18)(H,17,19). The third kappa shape index (κ3) is 3.53. The minimum atomic E-state index is -0.261. The normalized spacial score (nSPS) is 11.8. The van der Waals surface area contributed by atoms with E-state index in [9.17, 15) is 9.59 Å². The van der Waals surface area contributed by atoms with Crippen molar-refractivity contribution in [1.82, 2.24) is 10.3 Å². The molecule has 98 valence electrons. The van der Waals surface area contributed by atoms with Gasteiger partial charge in [0.1, 0.15) is 0 Å². The minimum Gasteiger partial charge on any atom is -0.350 e. The monoisotopic (exact) mass is 257 g/mol. The maximum Gasteiger partial charge on any atom is 0.252 e. The van der Waals surface area contributed by atoms with Crippen molar-refractivity contribution in [2.45, 2.75) is 6.04 Å². The van der Waals surface area contributed by atoms with E-state index in [0.717, 1.165) is 5.56 Å². The van der Waals surface area contributed by atoms with Gasteiger partial charge in [0.05, 0.1) is 5.56 Å². The number of nitrogens with two attached hydrogens (primary N) is 1. The highest BCUT2D eigenvalue weighted by atomic mass is 16.1. The summed E-state index contributed by atoms with van der Waals surface area (Å²) in [6.07, 6.45) is 1.38. The number of pyridine rings is 1. The zero-order valence-corrected chi connectivity index (χ0v) is 10.3. The molecule has 0 saturated heterocycles. The van der Waals surface area contributed by atoms with Gasteiger partial charge in [0.15, 0.2) is 0 Å². The van der Waals surface area contributed by atoms with Gasteiger partial charge in [0, 0.05) is 24.8 Å². The lowest BCUT2D eigenvalue weighted by molar-refractivity contribution is 0.0951. The van der Waals surface area contributed by atoms with Crippen LogP contribution in [0, 0.1) is 0 Å². The van der Waals surface area contributed by atoms with Crippen LogP contribution in [-0.2, 0) is 0 Å². The first kappa shape index (κ1) is 13.0. The van der Waals surface area contributed by atoms with Crippen LogP contribution in [0.1, 0.15) is 22.0 Å². The van der Waals surface area contributed by atoms with Crippen molar-refractivity contribution in [2.24, 2.45) is 5.73 Å². The van der Waals surface area contributed by atoms with Crippen molar-refractivity contribution >= 4 is 5.91 Å². The van der Waals surface area contributed by atoms with Gasteiger partial charge in [0.2, 0.25) is 5.56 Å². The number of hydrogen-bond donors (Lipinski definition) is 3. The van der Waals surface area contributed by atoms with Crippen molar-refractivity contribution in [3.05, 3.63) is 70.1 Å². The van der Waals surface area contributed by atoms with Gasteiger partial charge in [-0.2, -0.15) is 0 Å². The first-order chi connectivity index (χ1) is 9.16. The summed E-state index contributed by atoms with van der Waals surface area (Å²) in [6, 6.07) is 12.1. The Hall–Kier alpha value is -2.40. The van der Waals surface area contributed by atoms with Crippen LogP contribution in [0.15, 0.2) is 53.5 Å². The van der Waals surface area contributed by atoms with Crippen molar-refractivity contribution in [3.63, 3.8) is 0 Å². The number of benzene rings is 1. The molecule has 1 unspecified atom stereocenters. The Kier molecular flexibility index (Phi) is 4.10. The van der Waals surface area contributed by atoms with Crippen LogP contribution in [0.4, 0.5) is 0 Å². The first-order valence-corrected chi connectivity index (χ1v) is 5.94. The molecule has 4 N–H and O–H groups in total. The van der Waals surface area contributed by atoms with Crippen molar-refractivity contribution in [1.29, 1.82) is 0 Å². The molecular formula is C14H15N3O2. The smallest absolute Gasteiger partial charge is 0.252 e. The number of amides is 1. The maximum atomic E-state index is 11.8. The van der Waals surface area contributed by atoms with Gasteiger partial charge in [-0.05, 0) is 11.6 Å². The molecule has 5 nitrogen and oxygen atoms in total. The SMILES string of the molecule is NC(CNC(=O)c1ccc(=O)[nH]c1)c1ccccc1. The van der Waals surface area contributed by atoms with Gasteiger partial charge in [0.25, 0.3) is 5.91 Å². The van der Waals surface area contributed by atoms with E-state index >= 15 is 0 Å². The second-order valence-corrected chi connectivity index (χ2v) is 4.17. The highest BCUT2D eigenvalue weighted by molar-refractivity contribution is 5.93. The van der Waals surface area contributed by atoms with E-state index in [1.165, 1.54) is 18.3 Å². The third-order valence-electron chi connectivity index (χ3n) is 2.76. The molecule has 0 saturated carbocycles. The zero-order valence-electron chi connectivity index (χ0n) is 10.3. The Morgan fingerprint density at radius 1 is 1.21 bits per heavy atom. The Labute approximate surface area is 110 Å². The number of aromatic nitrogens is 1. The number of H-pyrrole nitrogens is 1. The Morgan fingerprint density at radius 3 is 2.58 bits per heavy atom. The topological polar surface area (TPSA) is 88.0 Å². The van der Waals surface area contributed by atoms with E-state index in [1.807, 2.05) is 30.3 Å². The van der Waals surface area contributed by atoms with Gasteiger partial charge in [-0.25, -0.2) is 0 Å². The highest BCUT2D eigenvalue weighted by Crippen LogP contribution is 2.08. The van der Waals surface area contributed by atoms with E-state index in [1.54, 1.807) is 0 Å². The minimum absolute atomic E-state index is 0.238. The third-order valence-corrected chi connectivity index (χ3v) is 2.76. The quantitative estimate of drug-likeness (QED) is 0.757. The summed E-state index contributed by atoms with van der Waals surface area (Å²) < 4.78 is 0. The highest BCUT2D eigenvalue weighted by Gasteiger charge is 2.09. The van der Waals surface area contributed by atoms with Crippen LogP contribution >= 0.6 is 0 Å². The molecule has 0 spiro atoms. The molecule has 1 heterocycles. The number of nitrogens with one attached hydrogen (secondary N) is 2. The number of rotatable bonds is 4. The average molecular weight is 257 g/mol. The lowest BCUT2D eigenvalue weighted by Gasteiger charge is -2.13. The number of carbonyl (C=O) groups is 1. The van der Waals surface area contributed by atoms with Crippen LogP contribution in [-0.4, -0.2) is 17.4 Å². The first-order valence-electron chi connectivity index (χ1n) is 5.94. The Morgan fingerprint density at radius 2 is 1.95 bits per heavy atom.